The van der Waals surface area contributed by atoms with E-state index in [0.29, 0.717) is 11.0 Å². The molecule has 0 spiro atoms. The van der Waals surface area contributed by atoms with Gasteiger partial charge in [0.05, 0.1) is 22.9 Å². The number of alkyl halides is 3. The molecule has 10 nitrogen and oxygen atoms in total. The van der Waals surface area contributed by atoms with E-state index in [9.17, 15) is 26.4 Å². The molecule has 2 aromatic carbocycles. The molecule has 0 amide bonds. The molecule has 0 aliphatic rings. The van der Waals surface area contributed by atoms with E-state index < -0.39 is 22.8 Å². The number of imidazole rings is 1. The van der Waals surface area contributed by atoms with Crippen molar-refractivity contribution in [3.63, 3.8) is 0 Å². The van der Waals surface area contributed by atoms with E-state index in [0.717, 1.165) is 0 Å². The number of rotatable bonds is 7. The summed E-state index contributed by atoms with van der Waals surface area (Å²) < 4.78 is 80.4. The molecule has 0 bridgehead atoms. The third kappa shape index (κ3) is 5.11. The van der Waals surface area contributed by atoms with E-state index in [2.05, 4.69) is 9.82 Å². The quantitative estimate of drug-likeness (QED) is 0.408. The van der Waals surface area contributed by atoms with Crippen LogP contribution in [-0.4, -0.2) is 40.1 Å². The van der Waals surface area contributed by atoms with Crippen LogP contribution in [0.3, 0.4) is 0 Å². The van der Waals surface area contributed by atoms with Crippen LogP contribution in [0.4, 0.5) is 18.9 Å². The van der Waals surface area contributed by atoms with Crippen LogP contribution in [0, 0.1) is 0 Å². The molecule has 186 valence electrons. The molecule has 2 aromatic heterocycles. The van der Waals surface area contributed by atoms with Gasteiger partial charge in [0.15, 0.2) is 12.4 Å². The maximum Gasteiger partial charge on any atom is 0.422 e. The monoisotopic (exact) mass is 511 g/mol. The Kier molecular flexibility index (Phi) is 6.00. The molecule has 0 saturated heterocycles. The number of ether oxygens (including phenoxy) is 2. The number of hydrogen-bond donors (Lipinski definition) is 1. The predicted octanol–water partition coefficient (Wildman–Crippen LogP) is 3.14. The van der Waals surface area contributed by atoms with Crippen molar-refractivity contribution < 1.29 is 31.1 Å². The third-order valence-electron chi connectivity index (χ3n) is 5.04. The first kappa shape index (κ1) is 24.2. The fourth-order valence-corrected chi connectivity index (χ4v) is 4.40. The Balaban J connectivity index is 1.76. The van der Waals surface area contributed by atoms with Gasteiger partial charge in [-0.25, -0.2) is 13.2 Å². The maximum atomic E-state index is 12.9. The van der Waals surface area contributed by atoms with Gasteiger partial charge in [-0.1, -0.05) is 6.07 Å². The van der Waals surface area contributed by atoms with E-state index in [1.807, 2.05) is 0 Å². The first-order valence-electron chi connectivity index (χ1n) is 10.0. The van der Waals surface area contributed by atoms with Crippen molar-refractivity contribution in [3.8, 4) is 17.2 Å². The molecule has 4 rings (SSSR count). The van der Waals surface area contributed by atoms with Crippen molar-refractivity contribution >= 4 is 26.7 Å². The first-order valence-corrected chi connectivity index (χ1v) is 11.5. The molecule has 14 heteroatoms. The fourth-order valence-electron chi connectivity index (χ4n) is 3.35. The van der Waals surface area contributed by atoms with Gasteiger partial charge in [0.2, 0.25) is 0 Å². The van der Waals surface area contributed by atoms with Crippen LogP contribution in [0.5, 0.6) is 17.2 Å². The second-order valence-corrected chi connectivity index (χ2v) is 9.36. The van der Waals surface area contributed by atoms with E-state index in [1.54, 1.807) is 14.1 Å². The average Bonchev–Trinajstić information content (AvgIpc) is 3.31. The largest absolute Gasteiger partial charge is 0.484 e. The molecule has 4 aromatic rings. The number of benzene rings is 2. The zero-order valence-electron chi connectivity index (χ0n) is 18.7. The maximum absolute atomic E-state index is 12.9. The lowest BCUT2D eigenvalue weighted by Gasteiger charge is -2.15. The zero-order chi connectivity index (χ0) is 25.5. The fraction of sp³-hybridized carbons (Fsp3) is 0.238. The van der Waals surface area contributed by atoms with Gasteiger partial charge in [0, 0.05) is 39.5 Å². The molecule has 2 heterocycles. The molecule has 0 fully saturated rings. The van der Waals surface area contributed by atoms with Crippen molar-refractivity contribution in [3.05, 3.63) is 59.3 Å². The van der Waals surface area contributed by atoms with Crippen LogP contribution in [0.15, 0.2) is 58.5 Å². The summed E-state index contributed by atoms with van der Waals surface area (Å²) in [6.07, 6.45) is -2.04. The lowest BCUT2D eigenvalue weighted by Crippen LogP contribution is -2.19. The Morgan fingerprint density at radius 2 is 1.69 bits per heavy atom. The smallest absolute Gasteiger partial charge is 0.422 e. The summed E-state index contributed by atoms with van der Waals surface area (Å²) in [5, 5.41) is 3.86. The van der Waals surface area contributed by atoms with Crippen LogP contribution >= 0.6 is 0 Å². The van der Waals surface area contributed by atoms with Gasteiger partial charge in [-0.15, -0.1) is 0 Å². The molecular formula is C21H20F3N5O5S. The second kappa shape index (κ2) is 8.69. The normalized spacial score (nSPS) is 12.2. The van der Waals surface area contributed by atoms with Gasteiger partial charge in [-0.2, -0.15) is 18.3 Å². The van der Waals surface area contributed by atoms with Crippen molar-refractivity contribution in [2.45, 2.75) is 11.1 Å². The lowest BCUT2D eigenvalue weighted by molar-refractivity contribution is -0.153. The van der Waals surface area contributed by atoms with Crippen LogP contribution in [0.1, 0.15) is 0 Å². The summed E-state index contributed by atoms with van der Waals surface area (Å²) in [6.45, 7) is -1.48. The van der Waals surface area contributed by atoms with Gasteiger partial charge >= 0.3 is 11.9 Å². The Labute approximate surface area is 197 Å². The number of aryl methyl sites for hydroxylation is 3. The van der Waals surface area contributed by atoms with Crippen LogP contribution in [0.25, 0.3) is 11.0 Å². The Morgan fingerprint density at radius 3 is 2.31 bits per heavy atom. The minimum Gasteiger partial charge on any atom is -0.484 e. The summed E-state index contributed by atoms with van der Waals surface area (Å²) in [5.41, 5.74) is 0.530. The second-order valence-electron chi connectivity index (χ2n) is 7.67. The summed E-state index contributed by atoms with van der Waals surface area (Å²) in [6, 6.07) is 8.35. The van der Waals surface area contributed by atoms with Crippen molar-refractivity contribution in [1.82, 2.24) is 18.9 Å². The molecule has 0 aliphatic carbocycles. The van der Waals surface area contributed by atoms with E-state index >= 15 is 0 Å². The van der Waals surface area contributed by atoms with Crippen molar-refractivity contribution in [1.29, 1.82) is 0 Å². The summed E-state index contributed by atoms with van der Waals surface area (Å²) in [7, 11) is 0.555. The standard InChI is InChI=1S/C21H20F3N5O5S/c1-27-11-15(10-25-27)35(31,32)26-16-8-17-18(29(3)20(30)28(17)2)9-19(16)34-14-6-4-5-13(7-14)33-12-21(22,23)24/h4-11,26H,12H2,1-3H3. The van der Waals surface area contributed by atoms with E-state index in [1.165, 1.54) is 69.7 Å². The van der Waals surface area contributed by atoms with Gasteiger partial charge in [-0.05, 0) is 18.2 Å². The number of halogens is 3. The van der Waals surface area contributed by atoms with Gasteiger partial charge < -0.3 is 9.47 Å². The Hall–Kier alpha value is -3.94. The lowest BCUT2D eigenvalue weighted by atomic mass is 10.2. The number of anilines is 1. The highest BCUT2D eigenvalue weighted by Crippen LogP contribution is 2.36. The molecule has 0 aliphatic heterocycles. The Morgan fingerprint density at radius 1 is 1.03 bits per heavy atom. The highest BCUT2D eigenvalue weighted by molar-refractivity contribution is 7.92. The number of sulfonamides is 1. The zero-order valence-corrected chi connectivity index (χ0v) is 19.5. The van der Waals surface area contributed by atoms with Crippen LogP contribution in [-0.2, 0) is 31.2 Å². The number of aromatic nitrogens is 4. The SMILES string of the molecule is Cn1cc(S(=O)(=O)Nc2cc3c(cc2Oc2cccc(OCC(F)(F)F)c2)n(C)c(=O)n3C)cn1. The molecular weight excluding hydrogens is 491 g/mol. The minimum atomic E-state index is -4.52. The highest BCUT2D eigenvalue weighted by atomic mass is 32.2. The van der Waals surface area contributed by atoms with Gasteiger partial charge in [0.1, 0.15) is 16.4 Å². The molecule has 0 atom stereocenters. The van der Waals surface area contributed by atoms with E-state index in [4.69, 9.17) is 9.47 Å². The molecule has 35 heavy (non-hydrogen) atoms. The summed E-state index contributed by atoms with van der Waals surface area (Å²) in [4.78, 5) is 12.3. The number of hydrogen-bond acceptors (Lipinski definition) is 6. The molecule has 1 N–H and O–H groups in total. The molecule has 0 radical (unpaired) electrons. The average molecular weight is 511 g/mol. The topological polar surface area (TPSA) is 109 Å². The van der Waals surface area contributed by atoms with Gasteiger partial charge in [-0.3, -0.25) is 18.5 Å². The summed E-state index contributed by atoms with van der Waals surface area (Å²) in [5.74, 6) is 0.0106. The van der Waals surface area contributed by atoms with Crippen molar-refractivity contribution in [2.75, 3.05) is 11.3 Å². The summed E-state index contributed by atoms with van der Waals surface area (Å²) >= 11 is 0. The van der Waals surface area contributed by atoms with Crippen LogP contribution in [0.2, 0.25) is 0 Å². The number of nitrogens with one attached hydrogen (secondary N) is 1. The van der Waals surface area contributed by atoms with E-state index in [-0.39, 0.29) is 33.5 Å². The minimum absolute atomic E-state index is 0.00386. The third-order valence-corrected chi connectivity index (χ3v) is 6.37. The first-order chi connectivity index (χ1) is 16.3. The Bertz CT molecular complexity index is 1570. The molecule has 0 unspecified atom stereocenters. The number of fused-ring (bicyclic) bond motifs is 1. The number of nitrogens with zero attached hydrogens (tertiary/aromatic N) is 4. The highest BCUT2D eigenvalue weighted by Gasteiger charge is 2.28. The molecule has 0 saturated carbocycles. The van der Waals surface area contributed by atoms with Crippen molar-refractivity contribution in [2.24, 2.45) is 21.1 Å². The van der Waals surface area contributed by atoms with Gasteiger partial charge in [0.25, 0.3) is 10.0 Å². The predicted molar refractivity (Wildman–Crippen MR) is 120 cm³/mol. The van der Waals surface area contributed by atoms with Crippen LogP contribution < -0.4 is 19.9 Å².